The first kappa shape index (κ1) is 17.0. The van der Waals surface area contributed by atoms with Gasteiger partial charge in [-0.25, -0.2) is 0 Å². The number of rotatable bonds is 2. The molecule has 0 bridgehead atoms. The van der Waals surface area contributed by atoms with Crippen molar-refractivity contribution in [3.63, 3.8) is 0 Å². The van der Waals surface area contributed by atoms with Crippen LogP contribution >= 0.6 is 0 Å². The molecule has 2 aromatic rings. The lowest BCUT2D eigenvalue weighted by Crippen LogP contribution is -2.10. The second kappa shape index (κ2) is 5.92. The van der Waals surface area contributed by atoms with Crippen molar-refractivity contribution in [3.8, 4) is 11.1 Å². The fourth-order valence-electron chi connectivity index (χ4n) is 3.63. The van der Waals surface area contributed by atoms with Gasteiger partial charge in [-0.1, -0.05) is 95.7 Å². The van der Waals surface area contributed by atoms with Crippen LogP contribution in [-0.2, 0) is 11.8 Å². The lowest BCUT2D eigenvalue weighted by molar-refractivity contribution is 0.408. The van der Waals surface area contributed by atoms with E-state index in [9.17, 15) is 0 Å². The highest BCUT2D eigenvalue weighted by Crippen LogP contribution is 2.38. The molecule has 0 saturated carbocycles. The monoisotopic (exact) mass is 318 g/mol. The smallest absolute Gasteiger partial charge is 0.00574 e. The summed E-state index contributed by atoms with van der Waals surface area (Å²) < 4.78 is 0. The van der Waals surface area contributed by atoms with Crippen LogP contribution in [0.4, 0.5) is 0 Å². The minimum Gasteiger partial charge on any atom is -0.0647 e. The summed E-state index contributed by atoms with van der Waals surface area (Å²) in [6, 6.07) is 15.9. The second-order valence-corrected chi connectivity index (χ2v) is 9.42. The summed E-state index contributed by atoms with van der Waals surface area (Å²) in [4.78, 5) is 0. The fourth-order valence-corrected chi connectivity index (χ4v) is 3.63. The Morgan fingerprint density at radius 1 is 0.833 bits per heavy atom. The largest absolute Gasteiger partial charge is 0.0647 e. The molecule has 126 valence electrons. The SMILES string of the molecule is CC(C)(C)CC1=Cc2c(cccc2-c2ccc(C(C)(C)C)cc2)C1. The number of allylic oxidation sites excluding steroid dienone is 1. The summed E-state index contributed by atoms with van der Waals surface area (Å²) in [5.41, 5.74) is 9.12. The molecule has 1 aliphatic rings. The van der Waals surface area contributed by atoms with E-state index in [1.807, 2.05) is 0 Å². The quantitative estimate of drug-likeness (QED) is 0.557. The molecule has 0 heteroatoms. The zero-order chi connectivity index (χ0) is 17.5. The fraction of sp³-hybridized carbons (Fsp3) is 0.417. The van der Waals surface area contributed by atoms with Crippen molar-refractivity contribution in [2.75, 3.05) is 0 Å². The minimum absolute atomic E-state index is 0.205. The second-order valence-electron chi connectivity index (χ2n) is 9.42. The normalized spacial score (nSPS) is 14.5. The van der Waals surface area contributed by atoms with Gasteiger partial charge in [0, 0.05) is 0 Å². The van der Waals surface area contributed by atoms with Gasteiger partial charge < -0.3 is 0 Å². The first-order chi connectivity index (χ1) is 11.1. The standard InChI is InChI=1S/C24H30/c1-23(2,3)16-17-14-19-8-7-9-21(22(19)15-17)18-10-12-20(13-11-18)24(4,5)6/h7-13,15H,14,16H2,1-6H3. The Morgan fingerprint density at radius 2 is 1.50 bits per heavy atom. The van der Waals surface area contributed by atoms with Crippen LogP contribution in [0.15, 0.2) is 48.0 Å². The summed E-state index contributed by atoms with van der Waals surface area (Å²) in [5, 5.41) is 0. The van der Waals surface area contributed by atoms with Crippen LogP contribution in [0.25, 0.3) is 17.2 Å². The van der Waals surface area contributed by atoms with Gasteiger partial charge in [0.2, 0.25) is 0 Å². The van der Waals surface area contributed by atoms with Crippen LogP contribution < -0.4 is 0 Å². The van der Waals surface area contributed by atoms with Crippen LogP contribution in [0.5, 0.6) is 0 Å². The summed E-state index contributed by atoms with van der Waals surface area (Å²) in [6.07, 6.45) is 4.72. The molecule has 0 heterocycles. The van der Waals surface area contributed by atoms with Crippen molar-refractivity contribution in [1.82, 2.24) is 0 Å². The van der Waals surface area contributed by atoms with Gasteiger partial charge in [-0.2, -0.15) is 0 Å². The van der Waals surface area contributed by atoms with E-state index in [0.717, 1.165) is 6.42 Å². The first-order valence-corrected chi connectivity index (χ1v) is 9.06. The molecule has 0 fully saturated rings. The van der Waals surface area contributed by atoms with Gasteiger partial charge in [0.05, 0.1) is 0 Å². The lowest BCUT2D eigenvalue weighted by atomic mass is 9.86. The van der Waals surface area contributed by atoms with Gasteiger partial charge in [-0.3, -0.25) is 0 Å². The highest BCUT2D eigenvalue weighted by Gasteiger charge is 2.21. The third-order valence-electron chi connectivity index (χ3n) is 4.78. The highest BCUT2D eigenvalue weighted by molar-refractivity contribution is 5.80. The molecular weight excluding hydrogens is 288 g/mol. The molecule has 0 N–H and O–H groups in total. The molecule has 0 aliphatic heterocycles. The molecule has 24 heavy (non-hydrogen) atoms. The van der Waals surface area contributed by atoms with Crippen molar-refractivity contribution in [2.45, 2.75) is 59.8 Å². The van der Waals surface area contributed by atoms with Gasteiger partial charge in [0.15, 0.2) is 0 Å². The topological polar surface area (TPSA) is 0 Å². The Labute approximate surface area is 147 Å². The maximum absolute atomic E-state index is 2.44. The third-order valence-corrected chi connectivity index (χ3v) is 4.78. The summed E-state index contributed by atoms with van der Waals surface area (Å²) in [6.45, 7) is 13.8. The van der Waals surface area contributed by atoms with Crippen LogP contribution in [0.3, 0.4) is 0 Å². The minimum atomic E-state index is 0.205. The molecule has 1 aliphatic carbocycles. The number of hydrogen-bond acceptors (Lipinski definition) is 0. The molecule has 0 atom stereocenters. The Hall–Kier alpha value is -1.82. The molecule has 0 radical (unpaired) electrons. The van der Waals surface area contributed by atoms with Gasteiger partial charge in [-0.15, -0.1) is 0 Å². The van der Waals surface area contributed by atoms with E-state index in [4.69, 9.17) is 0 Å². The molecular formula is C24H30. The highest BCUT2D eigenvalue weighted by atomic mass is 14.3. The van der Waals surface area contributed by atoms with E-state index in [1.165, 1.54) is 34.2 Å². The number of benzene rings is 2. The zero-order valence-corrected chi connectivity index (χ0v) is 16.0. The third kappa shape index (κ3) is 3.64. The van der Waals surface area contributed by atoms with Crippen LogP contribution in [0.1, 0.15) is 64.7 Å². The first-order valence-electron chi connectivity index (χ1n) is 9.06. The van der Waals surface area contributed by atoms with Crippen LogP contribution in [-0.4, -0.2) is 0 Å². The van der Waals surface area contributed by atoms with Crippen LogP contribution in [0.2, 0.25) is 0 Å². The average Bonchev–Trinajstić information content (AvgIpc) is 2.86. The molecule has 0 nitrogen and oxygen atoms in total. The average molecular weight is 319 g/mol. The van der Waals surface area contributed by atoms with Gasteiger partial charge in [0.1, 0.15) is 0 Å². The summed E-state index contributed by atoms with van der Waals surface area (Å²) in [5.74, 6) is 0. The van der Waals surface area contributed by atoms with Crippen molar-refractivity contribution < 1.29 is 0 Å². The molecule has 0 aromatic heterocycles. The lowest BCUT2D eigenvalue weighted by Gasteiger charge is -2.19. The molecule has 0 amide bonds. The Morgan fingerprint density at radius 3 is 2.08 bits per heavy atom. The number of hydrogen-bond donors (Lipinski definition) is 0. The predicted molar refractivity (Wildman–Crippen MR) is 106 cm³/mol. The number of fused-ring (bicyclic) bond motifs is 1. The van der Waals surface area contributed by atoms with E-state index in [-0.39, 0.29) is 5.41 Å². The molecule has 0 unspecified atom stereocenters. The Balaban J connectivity index is 1.96. The Kier molecular flexibility index (Phi) is 4.20. The van der Waals surface area contributed by atoms with E-state index < -0.39 is 0 Å². The molecule has 3 rings (SSSR count). The van der Waals surface area contributed by atoms with Crippen molar-refractivity contribution in [2.24, 2.45) is 5.41 Å². The molecule has 0 saturated heterocycles. The van der Waals surface area contributed by atoms with E-state index >= 15 is 0 Å². The summed E-state index contributed by atoms with van der Waals surface area (Å²) in [7, 11) is 0. The maximum Gasteiger partial charge on any atom is -0.00574 e. The van der Waals surface area contributed by atoms with Gasteiger partial charge >= 0.3 is 0 Å². The van der Waals surface area contributed by atoms with Crippen molar-refractivity contribution in [3.05, 3.63) is 64.7 Å². The Bertz CT molecular complexity index is 759. The van der Waals surface area contributed by atoms with E-state index in [2.05, 4.69) is 90.1 Å². The van der Waals surface area contributed by atoms with E-state index in [0.29, 0.717) is 5.41 Å². The van der Waals surface area contributed by atoms with Gasteiger partial charge in [-0.05, 0) is 51.5 Å². The maximum atomic E-state index is 2.44. The van der Waals surface area contributed by atoms with Crippen molar-refractivity contribution >= 4 is 6.08 Å². The molecule has 2 aromatic carbocycles. The predicted octanol–water partition coefficient (Wildman–Crippen LogP) is 7.03. The zero-order valence-electron chi connectivity index (χ0n) is 16.0. The molecule has 0 spiro atoms. The van der Waals surface area contributed by atoms with Gasteiger partial charge in [0.25, 0.3) is 0 Å². The van der Waals surface area contributed by atoms with Crippen LogP contribution in [0, 0.1) is 5.41 Å². The van der Waals surface area contributed by atoms with Crippen molar-refractivity contribution in [1.29, 1.82) is 0 Å². The van der Waals surface area contributed by atoms with E-state index in [1.54, 1.807) is 5.57 Å². The summed E-state index contributed by atoms with van der Waals surface area (Å²) >= 11 is 0.